The Morgan fingerprint density at radius 1 is 1.19 bits per heavy atom. The van der Waals surface area contributed by atoms with Gasteiger partial charge in [-0.25, -0.2) is 0 Å². The summed E-state index contributed by atoms with van der Waals surface area (Å²) in [5.74, 6) is 1.84. The zero-order valence-electron chi connectivity index (χ0n) is 14.7. The van der Waals surface area contributed by atoms with Crippen molar-refractivity contribution in [3.63, 3.8) is 0 Å². The SMILES string of the molecule is CCn1c(SCc2cccc(C(N)=O)c2)nnc1-c1cccc(OC)c1. The molecule has 134 valence electrons. The normalized spacial score (nSPS) is 10.7. The average molecular weight is 368 g/mol. The summed E-state index contributed by atoms with van der Waals surface area (Å²) in [6, 6.07) is 15.1. The molecule has 0 spiro atoms. The summed E-state index contributed by atoms with van der Waals surface area (Å²) in [6.45, 7) is 2.81. The lowest BCUT2D eigenvalue weighted by atomic mass is 10.1. The van der Waals surface area contributed by atoms with Crippen LogP contribution in [0.4, 0.5) is 0 Å². The van der Waals surface area contributed by atoms with Gasteiger partial charge in [-0.05, 0) is 36.8 Å². The van der Waals surface area contributed by atoms with Crippen LogP contribution in [-0.2, 0) is 12.3 Å². The van der Waals surface area contributed by atoms with Gasteiger partial charge in [0.05, 0.1) is 7.11 Å². The smallest absolute Gasteiger partial charge is 0.248 e. The molecule has 6 nitrogen and oxygen atoms in total. The second kappa shape index (κ2) is 8.05. The highest BCUT2D eigenvalue weighted by Gasteiger charge is 2.14. The molecule has 0 unspecified atom stereocenters. The van der Waals surface area contributed by atoms with Crippen LogP contribution >= 0.6 is 11.8 Å². The number of aromatic nitrogens is 3. The Bertz CT molecular complexity index is 923. The van der Waals surface area contributed by atoms with E-state index in [1.54, 1.807) is 24.9 Å². The maximum Gasteiger partial charge on any atom is 0.248 e. The van der Waals surface area contributed by atoms with Gasteiger partial charge in [0.1, 0.15) is 5.75 Å². The zero-order valence-corrected chi connectivity index (χ0v) is 15.5. The molecule has 0 atom stereocenters. The van der Waals surface area contributed by atoms with E-state index in [9.17, 15) is 4.79 Å². The Hall–Kier alpha value is -2.80. The topological polar surface area (TPSA) is 83.0 Å². The minimum absolute atomic E-state index is 0.422. The third-order valence-electron chi connectivity index (χ3n) is 3.94. The molecule has 3 aromatic rings. The molecule has 0 aliphatic heterocycles. The number of nitrogens with zero attached hydrogens (tertiary/aromatic N) is 3. The summed E-state index contributed by atoms with van der Waals surface area (Å²) in [5.41, 5.74) is 7.83. The first-order chi connectivity index (χ1) is 12.6. The zero-order chi connectivity index (χ0) is 18.5. The van der Waals surface area contributed by atoms with E-state index in [0.717, 1.165) is 34.4 Å². The lowest BCUT2D eigenvalue weighted by molar-refractivity contribution is 0.1000. The van der Waals surface area contributed by atoms with Crippen molar-refractivity contribution >= 4 is 17.7 Å². The number of carbonyl (C=O) groups excluding carboxylic acids is 1. The van der Waals surface area contributed by atoms with Crippen LogP contribution in [0.15, 0.2) is 53.7 Å². The number of carbonyl (C=O) groups is 1. The number of benzene rings is 2. The molecule has 1 heterocycles. The van der Waals surface area contributed by atoms with Gasteiger partial charge in [0, 0.05) is 23.4 Å². The van der Waals surface area contributed by atoms with E-state index in [2.05, 4.69) is 21.7 Å². The molecule has 3 rings (SSSR count). The third-order valence-corrected chi connectivity index (χ3v) is 4.98. The van der Waals surface area contributed by atoms with Crippen LogP contribution in [0.5, 0.6) is 5.75 Å². The van der Waals surface area contributed by atoms with Crippen LogP contribution in [0, 0.1) is 0 Å². The first-order valence-corrected chi connectivity index (χ1v) is 9.20. The molecule has 7 heteroatoms. The largest absolute Gasteiger partial charge is 0.497 e. The van der Waals surface area contributed by atoms with Crippen molar-refractivity contribution in [3.8, 4) is 17.1 Å². The first-order valence-electron chi connectivity index (χ1n) is 8.21. The summed E-state index contributed by atoms with van der Waals surface area (Å²) < 4.78 is 7.36. The number of rotatable bonds is 7. The summed E-state index contributed by atoms with van der Waals surface area (Å²) in [7, 11) is 1.64. The number of methoxy groups -OCH3 is 1. The van der Waals surface area contributed by atoms with Gasteiger partial charge in [0.25, 0.3) is 0 Å². The van der Waals surface area contributed by atoms with E-state index >= 15 is 0 Å². The van der Waals surface area contributed by atoms with Crippen LogP contribution in [-0.4, -0.2) is 27.8 Å². The highest BCUT2D eigenvalue weighted by atomic mass is 32.2. The van der Waals surface area contributed by atoms with Gasteiger partial charge in [0.15, 0.2) is 11.0 Å². The molecular weight excluding hydrogens is 348 g/mol. The van der Waals surface area contributed by atoms with E-state index in [1.165, 1.54) is 0 Å². The Kier molecular flexibility index (Phi) is 5.58. The number of nitrogens with two attached hydrogens (primary N) is 1. The van der Waals surface area contributed by atoms with Crippen molar-refractivity contribution in [2.24, 2.45) is 5.73 Å². The number of hydrogen-bond donors (Lipinski definition) is 1. The van der Waals surface area contributed by atoms with Gasteiger partial charge in [-0.1, -0.05) is 36.0 Å². The Balaban J connectivity index is 1.82. The fourth-order valence-electron chi connectivity index (χ4n) is 2.62. The lowest BCUT2D eigenvalue weighted by Crippen LogP contribution is -2.10. The summed E-state index contributed by atoms with van der Waals surface area (Å²) in [6.07, 6.45) is 0. The molecule has 0 aliphatic rings. The Morgan fingerprint density at radius 2 is 2.00 bits per heavy atom. The van der Waals surface area contributed by atoms with E-state index in [0.29, 0.717) is 11.3 Å². The van der Waals surface area contributed by atoms with Crippen LogP contribution in [0.2, 0.25) is 0 Å². The second-order valence-corrected chi connectivity index (χ2v) is 6.58. The minimum Gasteiger partial charge on any atom is -0.497 e. The fraction of sp³-hybridized carbons (Fsp3) is 0.211. The predicted octanol–water partition coefficient (Wildman–Crippen LogP) is 3.36. The van der Waals surface area contributed by atoms with Crippen molar-refractivity contribution in [2.75, 3.05) is 7.11 Å². The standard InChI is InChI=1S/C19H20N4O2S/c1-3-23-18(15-8-5-9-16(11-15)25-2)21-22-19(23)26-12-13-6-4-7-14(10-13)17(20)24/h4-11H,3,12H2,1-2H3,(H2,20,24). The van der Waals surface area contributed by atoms with Crippen molar-refractivity contribution in [2.45, 2.75) is 24.4 Å². The highest BCUT2D eigenvalue weighted by Crippen LogP contribution is 2.28. The van der Waals surface area contributed by atoms with Gasteiger partial charge in [-0.2, -0.15) is 0 Å². The number of primary amides is 1. The van der Waals surface area contributed by atoms with Gasteiger partial charge >= 0.3 is 0 Å². The lowest BCUT2D eigenvalue weighted by Gasteiger charge is -2.08. The van der Waals surface area contributed by atoms with Crippen molar-refractivity contribution in [3.05, 3.63) is 59.7 Å². The molecular formula is C19H20N4O2S. The van der Waals surface area contributed by atoms with Gasteiger partial charge in [-0.3, -0.25) is 4.79 Å². The number of ether oxygens (including phenoxy) is 1. The van der Waals surface area contributed by atoms with Crippen molar-refractivity contribution < 1.29 is 9.53 Å². The molecule has 0 saturated carbocycles. The van der Waals surface area contributed by atoms with E-state index < -0.39 is 5.91 Å². The minimum atomic E-state index is -0.422. The Labute approximate surface area is 156 Å². The molecule has 2 N–H and O–H groups in total. The van der Waals surface area contributed by atoms with Crippen LogP contribution in [0.25, 0.3) is 11.4 Å². The van der Waals surface area contributed by atoms with E-state index in [1.807, 2.05) is 42.5 Å². The summed E-state index contributed by atoms with van der Waals surface area (Å²) >= 11 is 1.58. The molecule has 0 aliphatic carbocycles. The number of thioether (sulfide) groups is 1. The van der Waals surface area contributed by atoms with E-state index in [4.69, 9.17) is 10.5 Å². The van der Waals surface area contributed by atoms with Crippen LogP contribution < -0.4 is 10.5 Å². The predicted molar refractivity (Wildman–Crippen MR) is 102 cm³/mol. The molecule has 0 saturated heterocycles. The summed E-state index contributed by atoms with van der Waals surface area (Å²) in [4.78, 5) is 11.3. The monoisotopic (exact) mass is 368 g/mol. The number of hydrogen-bond acceptors (Lipinski definition) is 5. The molecule has 0 bridgehead atoms. The van der Waals surface area contributed by atoms with Crippen LogP contribution in [0.1, 0.15) is 22.8 Å². The fourth-order valence-corrected chi connectivity index (χ4v) is 3.56. The van der Waals surface area contributed by atoms with Crippen LogP contribution in [0.3, 0.4) is 0 Å². The van der Waals surface area contributed by atoms with Gasteiger partial charge in [0.2, 0.25) is 5.91 Å². The van der Waals surface area contributed by atoms with Crippen molar-refractivity contribution in [1.82, 2.24) is 14.8 Å². The van der Waals surface area contributed by atoms with E-state index in [-0.39, 0.29) is 0 Å². The van der Waals surface area contributed by atoms with Crippen molar-refractivity contribution in [1.29, 1.82) is 0 Å². The molecule has 26 heavy (non-hydrogen) atoms. The molecule has 1 amide bonds. The highest BCUT2D eigenvalue weighted by molar-refractivity contribution is 7.98. The van der Waals surface area contributed by atoms with Gasteiger partial charge < -0.3 is 15.0 Å². The molecule has 2 aromatic carbocycles. The molecule has 0 fully saturated rings. The third kappa shape index (κ3) is 3.88. The second-order valence-electron chi connectivity index (χ2n) is 5.64. The first kappa shape index (κ1) is 18.0. The molecule has 0 radical (unpaired) electrons. The summed E-state index contributed by atoms with van der Waals surface area (Å²) in [5, 5.41) is 9.52. The average Bonchev–Trinajstić information content (AvgIpc) is 3.09. The maximum absolute atomic E-state index is 11.3. The quantitative estimate of drug-likeness (QED) is 0.647. The van der Waals surface area contributed by atoms with Gasteiger partial charge in [-0.15, -0.1) is 10.2 Å². The maximum atomic E-state index is 11.3. The Morgan fingerprint density at radius 3 is 2.73 bits per heavy atom. The number of amides is 1. The molecule has 1 aromatic heterocycles.